The summed E-state index contributed by atoms with van der Waals surface area (Å²) in [5, 5.41) is -1.90. The van der Waals surface area contributed by atoms with Crippen LogP contribution in [0, 0.1) is 0 Å². The van der Waals surface area contributed by atoms with E-state index in [1.165, 1.54) is 0 Å². The molecule has 0 aliphatic carbocycles. The van der Waals surface area contributed by atoms with Crippen LogP contribution in [0.5, 0.6) is 47.6 Å². The van der Waals surface area contributed by atoms with Crippen molar-refractivity contribution in [1.82, 2.24) is 29.9 Å². The predicted molar refractivity (Wildman–Crippen MR) is 268 cm³/mol. The number of hydrogen-bond donors (Lipinski definition) is 0. The van der Waals surface area contributed by atoms with Crippen molar-refractivity contribution in [2.45, 2.75) is 192 Å². The summed E-state index contributed by atoms with van der Waals surface area (Å²) < 4.78 is 922. The Kier molecular flexibility index (Phi) is 28.3. The molecule has 0 atom stereocenters. The molecular weight excluding hydrogens is 2020 g/mol. The predicted octanol–water partition coefficient (Wildman–Crippen LogP) is 23.2. The lowest BCUT2D eigenvalue weighted by atomic mass is 9.89. The molecule has 0 radical (unpaired) electrons. The molecule has 0 saturated heterocycles. The summed E-state index contributed by atoms with van der Waals surface area (Å²) in [6, 6.07) is -16.6. The topological polar surface area (TPSA) is 133 Å². The second-order valence-corrected chi connectivity index (χ2v) is 24.4. The van der Waals surface area contributed by atoms with Crippen molar-refractivity contribution in [3.8, 4) is 47.6 Å². The molecule has 12 nitrogen and oxygen atoms in total. The second-order valence-electron chi connectivity index (χ2n) is 24.4. The first kappa shape index (κ1) is 111. The minimum absolute atomic E-state index is 0.0315. The minimum Gasteiger partial charge on any atom is -0.457 e. The van der Waals surface area contributed by atoms with E-state index < -0.39 is 276 Å². The van der Waals surface area contributed by atoms with Gasteiger partial charge in [-0.05, 0) is 35.0 Å². The van der Waals surface area contributed by atoms with E-state index in [0.717, 1.165) is 0 Å². The molecule has 0 aliphatic rings. The maximum absolute atomic E-state index is 15.0. The van der Waals surface area contributed by atoms with Gasteiger partial charge >= 0.3 is 228 Å². The van der Waals surface area contributed by atoms with E-state index >= 15 is 0 Å². The first-order valence-corrected chi connectivity index (χ1v) is 29.6. The molecule has 0 N–H and O–H groups in total. The molecule has 4 aromatic rings. The third kappa shape index (κ3) is 16.5. The summed E-state index contributed by atoms with van der Waals surface area (Å²) in [6.07, 6.45) is -25.8. The Morgan fingerprint density at radius 3 is 0.477 bits per heavy atom. The smallest absolute Gasteiger partial charge is 0.385 e. The Labute approximate surface area is 652 Å². The molecule has 0 unspecified atom stereocenters. The van der Waals surface area contributed by atoms with Crippen molar-refractivity contribution in [3.63, 3.8) is 0 Å². The Morgan fingerprint density at radius 1 is 0.180 bits per heavy atom. The molecule has 0 fully saturated rings. The van der Waals surface area contributed by atoms with Crippen molar-refractivity contribution in [2.75, 3.05) is 26.4 Å². The summed E-state index contributed by atoms with van der Waals surface area (Å²) in [5.41, 5.74) is 0. The highest BCUT2D eigenvalue weighted by Crippen LogP contribution is 2.69. The van der Waals surface area contributed by atoms with Gasteiger partial charge in [0.05, 0.1) is 0 Å². The lowest BCUT2D eigenvalue weighted by Gasteiger charge is -2.42. The van der Waals surface area contributed by atoms with Gasteiger partial charge in [-0.2, -0.15) is 246 Å². The van der Waals surface area contributed by atoms with Crippen LogP contribution in [0.1, 0.15) is 0 Å². The lowest BCUT2D eigenvalue weighted by molar-refractivity contribution is -0.447. The van der Waals surface area contributed by atoms with E-state index in [0.29, 0.717) is 12.1 Å². The molecule has 0 saturated carbocycles. The van der Waals surface area contributed by atoms with Crippen LogP contribution >= 0.6 is 0 Å². The Morgan fingerprint density at radius 2 is 0.320 bits per heavy atom. The van der Waals surface area contributed by atoms with Crippen molar-refractivity contribution >= 4 is 10.8 Å². The Bertz CT molecular complexity index is 4060. The number of fused-ring (bicyclic) bond motifs is 1. The van der Waals surface area contributed by atoms with Gasteiger partial charge in [0.15, 0.2) is 26.4 Å². The highest BCUT2D eigenvalue weighted by molar-refractivity contribution is 5.85. The van der Waals surface area contributed by atoms with Crippen molar-refractivity contribution in [1.29, 1.82) is 0 Å². The van der Waals surface area contributed by atoms with Crippen LogP contribution in [0.4, 0.5) is 281 Å². The summed E-state index contributed by atoms with van der Waals surface area (Å²) in [5.74, 6) is -248. The summed E-state index contributed by atoms with van der Waals surface area (Å²) >= 11 is 0. The number of aromatic nitrogens is 6. The van der Waals surface area contributed by atoms with Gasteiger partial charge < -0.3 is 28.4 Å². The molecule has 2 heterocycles. The first-order chi connectivity index (χ1) is 56.0. The highest BCUT2D eigenvalue weighted by Gasteiger charge is 2.99. The monoisotopic (exact) mass is 2040 g/mol. The third-order valence-electron chi connectivity index (χ3n) is 15.8. The number of ether oxygens (including phenoxy) is 6. The molecule has 0 bridgehead atoms. The van der Waals surface area contributed by atoms with Gasteiger partial charge in [0.25, 0.3) is 0 Å². The normalized spacial score (nSPS) is 15.8. The van der Waals surface area contributed by atoms with E-state index in [4.69, 9.17) is 0 Å². The zero-order chi connectivity index (χ0) is 102. The fraction of sp³-hybridized carbons (Fsp3) is 0.692. The van der Waals surface area contributed by atoms with E-state index in [2.05, 4.69) is 58.3 Å². The number of rotatable bonds is 44. The van der Waals surface area contributed by atoms with Gasteiger partial charge in [0, 0.05) is 0 Å². The number of nitrogens with zero attached hydrogens (tertiary/aromatic N) is 6. The molecule has 740 valence electrons. The molecule has 2 aromatic heterocycles. The lowest BCUT2D eigenvalue weighted by Crippen LogP contribution is -2.74. The van der Waals surface area contributed by atoms with E-state index in [-0.39, 0.29) is 24.3 Å². The maximum atomic E-state index is 15.0. The third-order valence-corrected chi connectivity index (χ3v) is 15.8. The van der Waals surface area contributed by atoms with Gasteiger partial charge in [0.2, 0.25) is 0 Å². The first-order valence-electron chi connectivity index (χ1n) is 29.6. The van der Waals surface area contributed by atoms with E-state index in [1.807, 2.05) is 0 Å². The van der Waals surface area contributed by atoms with Crippen LogP contribution in [0.25, 0.3) is 10.8 Å². The fourth-order valence-electron chi connectivity index (χ4n) is 8.18. The van der Waals surface area contributed by atoms with Crippen molar-refractivity contribution < 1.29 is 309 Å². The number of hydrogen-bond acceptors (Lipinski definition) is 12. The van der Waals surface area contributed by atoms with E-state index in [9.17, 15) is 281 Å². The summed E-state index contributed by atoms with van der Waals surface area (Å²) in [7, 11) is 0. The molecule has 128 heavy (non-hydrogen) atoms. The highest BCUT2D eigenvalue weighted by atomic mass is 19.4. The Hall–Kier alpha value is -8.96. The molecule has 4 rings (SSSR count). The molecule has 76 heteroatoms. The maximum Gasteiger partial charge on any atom is 0.385 e. The van der Waals surface area contributed by atoms with Gasteiger partial charge in [-0.1, -0.05) is 12.1 Å². The second kappa shape index (κ2) is 32.5. The largest absolute Gasteiger partial charge is 0.457 e. The molecule has 0 amide bonds. The number of alkyl halides is 64. The fourth-order valence-corrected chi connectivity index (χ4v) is 8.18. The molecule has 2 aromatic carbocycles. The number of halogens is 64. The van der Waals surface area contributed by atoms with Gasteiger partial charge in [-0.25, -0.2) is 35.1 Å². The SMILES string of the molecule is FC(F)C(F)(F)C(F)(F)C(F)(F)C(F)(F)C(F)(F)C(F)(F)C(F)(F)COc1nc(OCC(F)(F)C(F)(F)C(F)(F)C(F)(F)C(F)(F)C(F)(F)C(F)(F)C(F)F)nc(Oc2ccc3ccc(Oc4nc(OCC(F)(F)C(F)(F)C(F)(F)C(F)(F)C(F)(F)C(F)(F)C(F)(F)C(F)F)nc(OCC(F)(F)C(F)(F)C(F)(F)C(F)(F)C(F)(F)C(F)(F)C(F)(F)C(F)F)n4)cc3c2)n1. The molecule has 0 aliphatic heterocycles. The van der Waals surface area contributed by atoms with E-state index in [1.54, 1.807) is 0 Å². The number of benzene rings is 2. The Balaban J connectivity index is 2.01. The van der Waals surface area contributed by atoms with Gasteiger partial charge in [0.1, 0.15) is 11.5 Å². The van der Waals surface area contributed by atoms with Crippen molar-refractivity contribution in [2.24, 2.45) is 0 Å². The molecular formula is C52H18F64N6O6. The van der Waals surface area contributed by atoms with Crippen LogP contribution in [0.2, 0.25) is 0 Å². The summed E-state index contributed by atoms with van der Waals surface area (Å²) in [6.45, 7) is -17.5. The van der Waals surface area contributed by atoms with Crippen molar-refractivity contribution in [3.05, 3.63) is 36.4 Å². The standard InChI is InChI=1S/C52H18F64N6O6/c53-15(54)29(69,70)37(85,86)45(101,102)49(109,110)41(93,94)33(77,78)25(61,62)7-123-19-117-20(124-8-26(63,64)34(79,80)42(95,96)50(111,112)46(103,104)38(87,88)30(71,72)16(55)56)120-23(119-19)127-13-3-1-11-2-4-14(6-12(11)5-13)128-24-121-21(125-9-27(65,66)35(81,82)43(97,98)51(113,114)47(105,106)39(89,90)31(73,74)17(57)58)118-22(122-24)126-10-28(67,68)36(83,84)44(99,100)52(115,116)48(107,108)40(91,92)32(75,76)18(59)60/h1-6,15-18H,7-10H2. The van der Waals surface area contributed by atoms with Gasteiger partial charge in [-0.3, -0.25) is 0 Å². The molecule has 0 spiro atoms. The zero-order valence-electron chi connectivity index (χ0n) is 56.9. The zero-order valence-corrected chi connectivity index (χ0v) is 56.9. The average molecular weight is 2040 g/mol. The van der Waals surface area contributed by atoms with Gasteiger partial charge in [-0.15, -0.1) is 29.9 Å². The van der Waals surface area contributed by atoms with Crippen LogP contribution < -0.4 is 28.4 Å². The van der Waals surface area contributed by atoms with Crippen LogP contribution in [-0.2, 0) is 0 Å². The summed E-state index contributed by atoms with van der Waals surface area (Å²) in [4.78, 5) is 13.7. The minimum atomic E-state index is -9.29. The van der Waals surface area contributed by atoms with Crippen LogP contribution in [0.15, 0.2) is 36.4 Å². The van der Waals surface area contributed by atoms with Crippen LogP contribution in [0.3, 0.4) is 0 Å². The van der Waals surface area contributed by atoms with Crippen LogP contribution in [-0.4, -0.2) is 248 Å². The average Bonchev–Trinajstić information content (AvgIpc) is 0.710. The quantitative estimate of drug-likeness (QED) is 0.0390.